The number of nitrogens with zero attached hydrogens (tertiary/aromatic N) is 1. The van der Waals surface area contributed by atoms with Gasteiger partial charge in [0.05, 0.1) is 0 Å². The second-order valence-corrected chi connectivity index (χ2v) is 2.94. The Morgan fingerprint density at radius 1 is 1.33 bits per heavy atom. The lowest BCUT2D eigenvalue weighted by Crippen LogP contribution is -2.33. The van der Waals surface area contributed by atoms with E-state index in [1.807, 2.05) is 7.05 Å². The smallest absolute Gasteiger partial charge is 0.188 e. The normalized spacial score (nSPS) is 9.83. The molecule has 0 heterocycles. The zero-order valence-electron chi connectivity index (χ0n) is 7.71. The van der Waals surface area contributed by atoms with Crippen molar-refractivity contribution in [3.8, 4) is 0 Å². The van der Waals surface area contributed by atoms with E-state index in [9.17, 15) is 0 Å². The van der Waals surface area contributed by atoms with Gasteiger partial charge in [-0.05, 0) is 12.8 Å². The largest absolute Gasteiger partial charge is 0.396 e. The second-order valence-electron chi connectivity index (χ2n) is 2.94. The highest BCUT2D eigenvalue weighted by molar-refractivity contribution is 5.74. The summed E-state index contributed by atoms with van der Waals surface area (Å²) in [5.74, 6) is 0.122. The molecule has 4 nitrogen and oxygen atoms in total. The summed E-state index contributed by atoms with van der Waals surface area (Å²) in [6.45, 7) is 1.11. The van der Waals surface area contributed by atoms with Crippen molar-refractivity contribution >= 4 is 5.96 Å². The van der Waals surface area contributed by atoms with Gasteiger partial charge in [-0.25, -0.2) is 0 Å². The van der Waals surface area contributed by atoms with Crippen LogP contribution >= 0.6 is 0 Å². The van der Waals surface area contributed by atoms with Crippen molar-refractivity contribution in [2.75, 3.05) is 20.2 Å². The molecule has 0 aliphatic carbocycles. The number of guanidine groups is 1. The highest BCUT2D eigenvalue weighted by atomic mass is 16.2. The third-order valence-corrected chi connectivity index (χ3v) is 1.81. The number of aliphatic hydroxyl groups excluding tert-OH is 1. The first-order valence-electron chi connectivity index (χ1n) is 4.34. The van der Waals surface area contributed by atoms with E-state index in [0.717, 1.165) is 32.2 Å². The number of rotatable bonds is 6. The minimum absolute atomic E-state index is 0.122. The highest BCUT2D eigenvalue weighted by Crippen LogP contribution is 1.99. The summed E-state index contributed by atoms with van der Waals surface area (Å²) in [6.07, 6.45) is 4.07. The zero-order chi connectivity index (χ0) is 9.40. The molecule has 0 bridgehead atoms. The van der Waals surface area contributed by atoms with Crippen LogP contribution in [-0.4, -0.2) is 36.2 Å². The van der Waals surface area contributed by atoms with E-state index < -0.39 is 0 Å². The fraction of sp³-hybridized carbons (Fsp3) is 0.875. The van der Waals surface area contributed by atoms with Crippen LogP contribution in [0, 0.1) is 5.41 Å². The Labute approximate surface area is 73.9 Å². The Kier molecular flexibility index (Phi) is 6.47. The zero-order valence-corrected chi connectivity index (χ0v) is 7.71. The molecule has 0 spiro atoms. The molecule has 0 aromatic carbocycles. The van der Waals surface area contributed by atoms with Gasteiger partial charge >= 0.3 is 0 Å². The van der Waals surface area contributed by atoms with Gasteiger partial charge in [0.1, 0.15) is 0 Å². The molecule has 4 heteroatoms. The molecule has 0 fully saturated rings. The molecular weight excluding hydrogens is 154 g/mol. The monoisotopic (exact) mass is 173 g/mol. The number of nitrogens with one attached hydrogen (secondary N) is 1. The molecule has 0 atom stereocenters. The van der Waals surface area contributed by atoms with E-state index in [0.29, 0.717) is 0 Å². The van der Waals surface area contributed by atoms with Gasteiger partial charge < -0.3 is 15.7 Å². The predicted molar refractivity (Wildman–Crippen MR) is 50.1 cm³/mol. The van der Waals surface area contributed by atoms with Crippen molar-refractivity contribution in [3.05, 3.63) is 0 Å². The lowest BCUT2D eigenvalue weighted by molar-refractivity contribution is 0.281. The molecule has 0 radical (unpaired) electrons. The summed E-state index contributed by atoms with van der Waals surface area (Å²) < 4.78 is 0. The number of nitrogens with two attached hydrogens (primary N) is 1. The van der Waals surface area contributed by atoms with Crippen molar-refractivity contribution in [2.24, 2.45) is 5.73 Å². The Hall–Kier alpha value is -0.770. The number of hydrogen-bond donors (Lipinski definition) is 3. The topological polar surface area (TPSA) is 73.3 Å². The SMILES string of the molecule is CN(CCCCCCO)C(=N)N. The van der Waals surface area contributed by atoms with Gasteiger partial charge in [0.2, 0.25) is 0 Å². The lowest BCUT2D eigenvalue weighted by atomic mass is 10.2. The molecule has 72 valence electrons. The molecule has 0 aliphatic rings. The maximum Gasteiger partial charge on any atom is 0.188 e. The molecule has 0 unspecified atom stereocenters. The van der Waals surface area contributed by atoms with E-state index in [1.165, 1.54) is 0 Å². The summed E-state index contributed by atoms with van der Waals surface area (Å²) in [5, 5.41) is 15.6. The van der Waals surface area contributed by atoms with Crippen molar-refractivity contribution < 1.29 is 5.11 Å². The Morgan fingerprint density at radius 3 is 2.42 bits per heavy atom. The van der Waals surface area contributed by atoms with E-state index in [4.69, 9.17) is 16.2 Å². The van der Waals surface area contributed by atoms with E-state index in [-0.39, 0.29) is 12.6 Å². The van der Waals surface area contributed by atoms with Gasteiger partial charge in [-0.3, -0.25) is 5.41 Å². The fourth-order valence-electron chi connectivity index (χ4n) is 0.935. The number of hydrogen-bond acceptors (Lipinski definition) is 2. The van der Waals surface area contributed by atoms with Crippen molar-refractivity contribution in [1.82, 2.24) is 4.90 Å². The standard InChI is InChI=1S/C8H19N3O/c1-11(8(9)10)6-4-2-3-5-7-12/h12H,2-7H2,1H3,(H3,9,10). The third kappa shape index (κ3) is 5.97. The molecular formula is C8H19N3O. The van der Waals surface area contributed by atoms with Crippen LogP contribution in [0.3, 0.4) is 0 Å². The van der Waals surface area contributed by atoms with E-state index in [1.54, 1.807) is 4.90 Å². The number of unbranched alkanes of at least 4 members (excludes halogenated alkanes) is 3. The average Bonchev–Trinajstić information content (AvgIpc) is 2.03. The van der Waals surface area contributed by atoms with Crippen molar-refractivity contribution in [2.45, 2.75) is 25.7 Å². The van der Waals surface area contributed by atoms with Gasteiger partial charge in [-0.15, -0.1) is 0 Å². The van der Waals surface area contributed by atoms with Gasteiger partial charge in [0.15, 0.2) is 5.96 Å². The van der Waals surface area contributed by atoms with Crippen LogP contribution in [0.5, 0.6) is 0 Å². The van der Waals surface area contributed by atoms with Crippen LogP contribution in [0.2, 0.25) is 0 Å². The summed E-state index contributed by atoms with van der Waals surface area (Å²) >= 11 is 0. The van der Waals surface area contributed by atoms with Crippen LogP contribution in [-0.2, 0) is 0 Å². The minimum atomic E-state index is 0.122. The molecule has 4 N–H and O–H groups in total. The van der Waals surface area contributed by atoms with Crippen LogP contribution in [0.25, 0.3) is 0 Å². The molecule has 0 saturated heterocycles. The summed E-state index contributed by atoms with van der Waals surface area (Å²) in [6, 6.07) is 0. The molecule has 0 aliphatic heterocycles. The van der Waals surface area contributed by atoms with Crippen molar-refractivity contribution in [1.29, 1.82) is 5.41 Å². The van der Waals surface area contributed by atoms with E-state index >= 15 is 0 Å². The number of aliphatic hydroxyl groups is 1. The summed E-state index contributed by atoms with van der Waals surface area (Å²) in [4.78, 5) is 1.72. The molecule has 0 saturated carbocycles. The van der Waals surface area contributed by atoms with Gasteiger partial charge in [0, 0.05) is 20.2 Å². The Morgan fingerprint density at radius 2 is 1.92 bits per heavy atom. The quantitative estimate of drug-likeness (QED) is 0.308. The van der Waals surface area contributed by atoms with Crippen LogP contribution in [0.15, 0.2) is 0 Å². The molecule has 0 aromatic heterocycles. The predicted octanol–water partition coefficient (Wildman–Crippen LogP) is 0.364. The first-order valence-corrected chi connectivity index (χ1v) is 4.34. The van der Waals surface area contributed by atoms with Gasteiger partial charge in [0.25, 0.3) is 0 Å². The first kappa shape index (κ1) is 11.2. The lowest BCUT2D eigenvalue weighted by Gasteiger charge is -2.15. The molecule has 0 amide bonds. The minimum Gasteiger partial charge on any atom is -0.396 e. The highest BCUT2D eigenvalue weighted by Gasteiger charge is 1.97. The van der Waals surface area contributed by atoms with Crippen LogP contribution in [0.4, 0.5) is 0 Å². The average molecular weight is 173 g/mol. The third-order valence-electron chi connectivity index (χ3n) is 1.81. The van der Waals surface area contributed by atoms with Crippen molar-refractivity contribution in [3.63, 3.8) is 0 Å². The Bertz CT molecular complexity index is 127. The molecule has 12 heavy (non-hydrogen) atoms. The summed E-state index contributed by atoms with van der Waals surface area (Å²) in [7, 11) is 1.81. The fourth-order valence-corrected chi connectivity index (χ4v) is 0.935. The maximum atomic E-state index is 8.50. The van der Waals surface area contributed by atoms with Crippen LogP contribution in [0.1, 0.15) is 25.7 Å². The maximum absolute atomic E-state index is 8.50. The molecule has 0 aromatic rings. The van der Waals surface area contributed by atoms with Gasteiger partial charge in [-0.2, -0.15) is 0 Å². The Balaban J connectivity index is 3.14. The first-order chi connectivity index (χ1) is 5.68. The van der Waals surface area contributed by atoms with E-state index in [2.05, 4.69) is 0 Å². The van der Waals surface area contributed by atoms with Gasteiger partial charge in [-0.1, -0.05) is 12.8 Å². The summed E-state index contributed by atoms with van der Waals surface area (Å²) in [5.41, 5.74) is 5.25. The van der Waals surface area contributed by atoms with Crippen LogP contribution < -0.4 is 5.73 Å². The molecule has 0 rings (SSSR count). The second kappa shape index (κ2) is 6.91.